The lowest BCUT2D eigenvalue weighted by atomic mass is 10.1. The molecule has 0 amide bonds. The minimum atomic E-state index is 0.0918. The summed E-state index contributed by atoms with van der Waals surface area (Å²) in [7, 11) is 0. The highest BCUT2D eigenvalue weighted by Crippen LogP contribution is 2.28. The van der Waals surface area contributed by atoms with Crippen LogP contribution in [0.5, 0.6) is 0 Å². The van der Waals surface area contributed by atoms with E-state index in [1.165, 1.54) is 17.3 Å². The predicted octanol–water partition coefficient (Wildman–Crippen LogP) is 3.31. The van der Waals surface area contributed by atoms with Gasteiger partial charge in [0.1, 0.15) is 0 Å². The van der Waals surface area contributed by atoms with E-state index in [1.54, 1.807) is 0 Å². The number of fused-ring (bicyclic) bond motifs is 1. The largest absolute Gasteiger partial charge is 0.378 e. The van der Waals surface area contributed by atoms with Crippen molar-refractivity contribution in [1.29, 1.82) is 0 Å². The Balaban J connectivity index is 1.35. The highest BCUT2D eigenvalue weighted by Gasteiger charge is 2.25. The fourth-order valence-electron chi connectivity index (χ4n) is 4.49. The van der Waals surface area contributed by atoms with Gasteiger partial charge in [-0.25, -0.2) is 0 Å². The normalized spacial score (nSPS) is 19.2. The van der Waals surface area contributed by atoms with Crippen molar-refractivity contribution in [2.45, 2.75) is 44.0 Å². The van der Waals surface area contributed by atoms with Crippen LogP contribution < -0.4 is 4.90 Å². The molecule has 1 atom stereocenters. The Bertz CT molecular complexity index is 1080. The summed E-state index contributed by atoms with van der Waals surface area (Å²) in [5.74, 6) is 1.25. The molecule has 2 aliphatic heterocycles. The van der Waals surface area contributed by atoms with Crippen LogP contribution in [0.4, 0.5) is 5.95 Å². The van der Waals surface area contributed by atoms with Gasteiger partial charge in [-0.15, -0.1) is 10.2 Å². The first-order chi connectivity index (χ1) is 15.7. The third-order valence-corrected chi connectivity index (χ3v) is 7.18. The van der Waals surface area contributed by atoms with Gasteiger partial charge in [0.15, 0.2) is 10.9 Å². The van der Waals surface area contributed by atoms with Crippen molar-refractivity contribution in [3.63, 3.8) is 0 Å². The summed E-state index contributed by atoms with van der Waals surface area (Å²) in [4.78, 5) is 18.6. The van der Waals surface area contributed by atoms with Crippen molar-refractivity contribution in [3.05, 3.63) is 35.5 Å². The Morgan fingerprint density at radius 1 is 1.25 bits per heavy atom. The van der Waals surface area contributed by atoms with E-state index in [0.717, 1.165) is 66.5 Å². The number of para-hydroxylation sites is 1. The molecule has 3 aromatic rings. The highest BCUT2D eigenvalue weighted by atomic mass is 32.2. The molecule has 9 heteroatoms. The van der Waals surface area contributed by atoms with Crippen LogP contribution in [0.3, 0.4) is 0 Å². The quantitative estimate of drug-likeness (QED) is 0.412. The van der Waals surface area contributed by atoms with E-state index in [2.05, 4.69) is 37.6 Å². The van der Waals surface area contributed by atoms with Gasteiger partial charge in [0.2, 0.25) is 5.95 Å². The second-order valence-corrected chi connectivity index (χ2v) is 9.18. The molecule has 0 saturated carbocycles. The van der Waals surface area contributed by atoms with E-state index in [9.17, 15) is 4.79 Å². The first kappa shape index (κ1) is 21.5. The fraction of sp³-hybridized carbons (Fsp3) is 0.522. The Morgan fingerprint density at radius 2 is 2.12 bits per heavy atom. The lowest BCUT2D eigenvalue weighted by Gasteiger charge is -2.28. The topological polar surface area (TPSA) is 85.3 Å². The number of carbonyl (C=O) groups is 1. The van der Waals surface area contributed by atoms with Crippen LogP contribution in [0.25, 0.3) is 10.9 Å². The molecule has 0 spiro atoms. The highest BCUT2D eigenvalue weighted by molar-refractivity contribution is 7.99. The van der Waals surface area contributed by atoms with Crippen LogP contribution in [0.1, 0.15) is 35.7 Å². The number of anilines is 1. The molecular weight excluding hydrogens is 426 g/mol. The number of aromatic nitrogens is 4. The number of aromatic amines is 1. The molecule has 2 fully saturated rings. The lowest BCUT2D eigenvalue weighted by molar-refractivity contribution is 0.0942. The Hall–Kier alpha value is -2.36. The molecule has 4 heterocycles. The molecule has 1 N–H and O–H groups in total. The monoisotopic (exact) mass is 455 g/mol. The molecular formula is C23H29N5O3S. The third kappa shape index (κ3) is 4.29. The van der Waals surface area contributed by atoms with Crippen molar-refractivity contribution in [1.82, 2.24) is 19.7 Å². The molecule has 0 bridgehead atoms. The molecule has 5 rings (SSSR count). The second-order valence-electron chi connectivity index (χ2n) is 8.24. The standard InChI is InChI=1S/C23H29N5O3S/c1-2-16-5-3-7-18-19(13-24-21(16)18)20(29)15-32-23-26-25-22(27-8-11-30-12-9-27)28(23)14-17-6-4-10-31-17/h3,5,7,13,17,24H,2,4,6,8-12,14-15H2,1H3/t17-/m1/s1. The van der Waals surface area contributed by atoms with Gasteiger partial charge < -0.3 is 19.4 Å². The van der Waals surface area contributed by atoms with Crippen molar-refractivity contribution in [2.75, 3.05) is 43.6 Å². The van der Waals surface area contributed by atoms with Crippen molar-refractivity contribution in [3.8, 4) is 0 Å². The van der Waals surface area contributed by atoms with Crippen LogP contribution in [0, 0.1) is 0 Å². The van der Waals surface area contributed by atoms with Crippen molar-refractivity contribution >= 4 is 34.4 Å². The van der Waals surface area contributed by atoms with E-state index in [0.29, 0.717) is 25.5 Å². The van der Waals surface area contributed by atoms with Gasteiger partial charge >= 0.3 is 0 Å². The number of nitrogens with zero attached hydrogens (tertiary/aromatic N) is 4. The maximum atomic E-state index is 13.1. The molecule has 0 radical (unpaired) electrons. The lowest BCUT2D eigenvalue weighted by Crippen LogP contribution is -2.38. The van der Waals surface area contributed by atoms with Gasteiger partial charge in [0.05, 0.1) is 31.6 Å². The average Bonchev–Trinajstić information content (AvgIpc) is 3.58. The number of rotatable bonds is 8. The number of Topliss-reactive ketones (excluding diaryl/α,β-unsaturated/α-hetero) is 1. The molecule has 1 aromatic carbocycles. The molecule has 8 nitrogen and oxygen atoms in total. The van der Waals surface area contributed by atoms with E-state index in [1.807, 2.05) is 18.3 Å². The zero-order valence-corrected chi connectivity index (χ0v) is 19.2. The summed E-state index contributed by atoms with van der Waals surface area (Å²) < 4.78 is 13.5. The van der Waals surface area contributed by atoms with Gasteiger partial charge in [0, 0.05) is 42.4 Å². The molecule has 2 aromatic heterocycles. The number of aryl methyl sites for hydroxylation is 1. The van der Waals surface area contributed by atoms with Gasteiger partial charge in [-0.1, -0.05) is 36.9 Å². The van der Waals surface area contributed by atoms with Crippen LogP contribution in [-0.4, -0.2) is 70.3 Å². The van der Waals surface area contributed by atoms with Gasteiger partial charge in [-0.05, 0) is 24.8 Å². The molecule has 0 unspecified atom stereocenters. The molecule has 170 valence electrons. The number of ketones is 1. The summed E-state index contributed by atoms with van der Waals surface area (Å²) >= 11 is 1.45. The number of nitrogens with one attached hydrogen (secondary N) is 1. The number of thioether (sulfide) groups is 1. The Morgan fingerprint density at radius 3 is 2.91 bits per heavy atom. The molecule has 32 heavy (non-hydrogen) atoms. The zero-order valence-electron chi connectivity index (χ0n) is 18.4. The SMILES string of the molecule is CCc1cccc2c(C(=O)CSc3nnc(N4CCOCC4)n3C[C@H]3CCCO3)c[nH]c12. The maximum absolute atomic E-state index is 13.1. The number of hydrogen-bond donors (Lipinski definition) is 1. The maximum Gasteiger partial charge on any atom is 0.228 e. The predicted molar refractivity (Wildman–Crippen MR) is 125 cm³/mol. The number of benzene rings is 1. The number of carbonyl (C=O) groups excluding carboxylic acids is 1. The van der Waals surface area contributed by atoms with E-state index < -0.39 is 0 Å². The summed E-state index contributed by atoms with van der Waals surface area (Å²) in [6.45, 7) is 6.61. The molecule has 2 aliphatic rings. The number of hydrogen-bond acceptors (Lipinski definition) is 7. The molecule has 2 saturated heterocycles. The average molecular weight is 456 g/mol. The summed E-state index contributed by atoms with van der Waals surface area (Å²) in [6.07, 6.45) is 5.06. The third-order valence-electron chi connectivity index (χ3n) is 6.22. The first-order valence-electron chi connectivity index (χ1n) is 11.4. The van der Waals surface area contributed by atoms with E-state index >= 15 is 0 Å². The van der Waals surface area contributed by atoms with Gasteiger partial charge in [-0.3, -0.25) is 9.36 Å². The number of ether oxygens (including phenoxy) is 2. The van der Waals surface area contributed by atoms with Crippen LogP contribution in [-0.2, 0) is 22.4 Å². The van der Waals surface area contributed by atoms with Crippen molar-refractivity contribution in [2.24, 2.45) is 0 Å². The number of morpholine rings is 1. The van der Waals surface area contributed by atoms with Crippen LogP contribution in [0.2, 0.25) is 0 Å². The summed E-state index contributed by atoms with van der Waals surface area (Å²) in [5, 5.41) is 10.7. The minimum absolute atomic E-state index is 0.0918. The van der Waals surface area contributed by atoms with Crippen LogP contribution in [0.15, 0.2) is 29.6 Å². The second kappa shape index (κ2) is 9.64. The van der Waals surface area contributed by atoms with Gasteiger partial charge in [-0.2, -0.15) is 0 Å². The summed E-state index contributed by atoms with van der Waals surface area (Å²) in [5.41, 5.74) is 3.02. The molecule has 0 aliphatic carbocycles. The summed E-state index contributed by atoms with van der Waals surface area (Å²) in [6, 6.07) is 6.13. The number of H-pyrrole nitrogens is 1. The van der Waals surface area contributed by atoms with Gasteiger partial charge in [0.25, 0.3) is 0 Å². The first-order valence-corrected chi connectivity index (χ1v) is 12.4. The van der Waals surface area contributed by atoms with Crippen molar-refractivity contribution < 1.29 is 14.3 Å². The minimum Gasteiger partial charge on any atom is -0.378 e. The zero-order chi connectivity index (χ0) is 21.9. The Labute approximate surface area is 191 Å². The van der Waals surface area contributed by atoms with E-state index in [4.69, 9.17) is 9.47 Å². The smallest absolute Gasteiger partial charge is 0.228 e. The fourth-order valence-corrected chi connectivity index (χ4v) is 5.31. The van der Waals surface area contributed by atoms with E-state index in [-0.39, 0.29) is 11.9 Å². The van der Waals surface area contributed by atoms with Crippen LogP contribution >= 0.6 is 11.8 Å². The Kier molecular flexibility index (Phi) is 6.47.